The number of benzene rings is 2. The van der Waals surface area contributed by atoms with Gasteiger partial charge in [0, 0.05) is 24.8 Å². The van der Waals surface area contributed by atoms with E-state index in [0.717, 1.165) is 5.69 Å². The van der Waals surface area contributed by atoms with Gasteiger partial charge in [-0.05, 0) is 43.3 Å². The van der Waals surface area contributed by atoms with E-state index in [1.54, 1.807) is 30.3 Å². The Morgan fingerprint density at radius 1 is 1.08 bits per heavy atom. The second kappa shape index (κ2) is 6.57. The monoisotopic (exact) mass is 361 g/mol. The van der Waals surface area contributed by atoms with Gasteiger partial charge >= 0.3 is 0 Å². The number of hydrogen-bond acceptors (Lipinski definition) is 3. The average molecular weight is 361 g/mol. The fraction of sp³-hybridized carbons (Fsp3) is 0.278. The molecular weight excluding hydrogens is 341 g/mol. The zero-order valence-electron chi connectivity index (χ0n) is 14.4. The molecule has 0 saturated heterocycles. The summed E-state index contributed by atoms with van der Waals surface area (Å²) in [5, 5.41) is 0. The number of aromatic nitrogens is 2. The van der Waals surface area contributed by atoms with E-state index in [4.69, 9.17) is 0 Å². The van der Waals surface area contributed by atoms with Gasteiger partial charge in [-0.2, -0.15) is 4.31 Å². The van der Waals surface area contributed by atoms with Gasteiger partial charge in [0.05, 0.1) is 15.9 Å². The maximum Gasteiger partial charge on any atom is 0.243 e. The van der Waals surface area contributed by atoms with Crippen LogP contribution in [0.3, 0.4) is 0 Å². The Bertz CT molecular complexity index is 1010. The third-order valence-corrected chi connectivity index (χ3v) is 6.29. The Morgan fingerprint density at radius 2 is 1.72 bits per heavy atom. The molecule has 0 aliphatic rings. The highest BCUT2D eigenvalue weighted by Crippen LogP contribution is 2.24. The van der Waals surface area contributed by atoms with E-state index >= 15 is 0 Å². The third kappa shape index (κ3) is 3.05. The van der Waals surface area contributed by atoms with Crippen molar-refractivity contribution >= 4 is 21.1 Å². The number of fused-ring (bicyclic) bond motifs is 1. The zero-order valence-corrected chi connectivity index (χ0v) is 15.2. The van der Waals surface area contributed by atoms with E-state index in [1.165, 1.54) is 16.4 Å². The Morgan fingerprint density at radius 3 is 2.32 bits per heavy atom. The van der Waals surface area contributed by atoms with Crippen LogP contribution in [-0.4, -0.2) is 35.4 Å². The topological polar surface area (TPSA) is 55.2 Å². The molecule has 0 atom stereocenters. The molecule has 0 bridgehead atoms. The first-order valence-corrected chi connectivity index (χ1v) is 9.57. The van der Waals surface area contributed by atoms with Gasteiger partial charge in [0.1, 0.15) is 11.6 Å². The highest BCUT2D eigenvalue weighted by atomic mass is 32.2. The quantitative estimate of drug-likeness (QED) is 0.699. The average Bonchev–Trinajstić information content (AvgIpc) is 2.91. The zero-order chi connectivity index (χ0) is 18.2. The fourth-order valence-corrected chi connectivity index (χ4v) is 4.43. The van der Waals surface area contributed by atoms with Crippen molar-refractivity contribution in [2.24, 2.45) is 0 Å². The number of nitrogens with zero attached hydrogens (tertiary/aromatic N) is 3. The predicted molar refractivity (Wildman–Crippen MR) is 95.9 cm³/mol. The molecule has 0 aliphatic carbocycles. The fourth-order valence-electron chi connectivity index (χ4n) is 2.97. The minimum Gasteiger partial charge on any atom is -0.296 e. The molecule has 0 N–H and O–H groups in total. The van der Waals surface area contributed by atoms with E-state index in [1.807, 2.05) is 25.3 Å². The Labute approximate surface area is 146 Å². The standard InChI is InChI=1S/C18H20FN3O2S/c1-4-21(5-2)25(23,24)16-9-7-15(8-10-16)22-13(3)20-17-11-6-14(19)12-18(17)22/h6-12H,4-5H2,1-3H3. The molecule has 7 heteroatoms. The van der Waals surface area contributed by atoms with Gasteiger partial charge in [0.15, 0.2) is 0 Å². The molecule has 2 aromatic carbocycles. The van der Waals surface area contributed by atoms with Gasteiger partial charge in [-0.25, -0.2) is 17.8 Å². The maximum atomic E-state index is 13.6. The predicted octanol–water partition coefficient (Wildman–Crippen LogP) is 3.50. The van der Waals surface area contributed by atoms with Crippen LogP contribution < -0.4 is 0 Å². The lowest BCUT2D eigenvalue weighted by atomic mass is 10.2. The van der Waals surface area contributed by atoms with Gasteiger partial charge in [-0.3, -0.25) is 4.57 Å². The normalized spacial score (nSPS) is 12.2. The molecule has 132 valence electrons. The molecule has 25 heavy (non-hydrogen) atoms. The summed E-state index contributed by atoms with van der Waals surface area (Å²) in [6.45, 7) is 6.30. The van der Waals surface area contributed by atoms with E-state index in [-0.39, 0.29) is 10.7 Å². The molecule has 3 rings (SSSR count). The lowest BCUT2D eigenvalue weighted by Gasteiger charge is -2.18. The van der Waals surface area contributed by atoms with Gasteiger partial charge in [-0.15, -0.1) is 0 Å². The number of rotatable bonds is 5. The molecule has 0 fully saturated rings. The Hall–Kier alpha value is -2.25. The number of imidazole rings is 1. The number of halogens is 1. The van der Waals surface area contributed by atoms with Crippen molar-refractivity contribution in [3.8, 4) is 5.69 Å². The number of hydrogen-bond donors (Lipinski definition) is 0. The Kier molecular flexibility index (Phi) is 4.62. The van der Waals surface area contributed by atoms with Crippen molar-refractivity contribution in [1.29, 1.82) is 0 Å². The lowest BCUT2D eigenvalue weighted by Crippen LogP contribution is -2.30. The summed E-state index contributed by atoms with van der Waals surface area (Å²) in [5.74, 6) is 0.370. The van der Waals surface area contributed by atoms with Crippen LogP contribution in [0.5, 0.6) is 0 Å². The van der Waals surface area contributed by atoms with E-state index in [9.17, 15) is 12.8 Å². The van der Waals surface area contributed by atoms with Crippen LogP contribution in [0.4, 0.5) is 4.39 Å². The van der Waals surface area contributed by atoms with Crippen LogP contribution in [-0.2, 0) is 10.0 Å². The van der Waals surface area contributed by atoms with E-state index in [2.05, 4.69) is 4.98 Å². The minimum absolute atomic E-state index is 0.244. The first kappa shape index (κ1) is 17.6. The molecule has 0 radical (unpaired) electrons. The summed E-state index contributed by atoms with van der Waals surface area (Å²) < 4.78 is 42.0. The van der Waals surface area contributed by atoms with Crippen LogP contribution in [0.2, 0.25) is 0 Å². The van der Waals surface area contributed by atoms with Gasteiger partial charge in [0.25, 0.3) is 0 Å². The van der Waals surface area contributed by atoms with Gasteiger partial charge < -0.3 is 0 Å². The van der Waals surface area contributed by atoms with Crippen molar-refractivity contribution < 1.29 is 12.8 Å². The molecule has 1 heterocycles. The molecular formula is C18H20FN3O2S. The SMILES string of the molecule is CCN(CC)S(=O)(=O)c1ccc(-n2c(C)nc3ccc(F)cc32)cc1. The summed E-state index contributed by atoms with van der Waals surface area (Å²) in [4.78, 5) is 4.67. The molecule has 0 amide bonds. The summed E-state index contributed by atoms with van der Waals surface area (Å²) >= 11 is 0. The third-order valence-electron chi connectivity index (χ3n) is 4.22. The molecule has 0 saturated carbocycles. The van der Waals surface area contributed by atoms with Crippen molar-refractivity contribution in [2.45, 2.75) is 25.7 Å². The molecule has 1 aromatic heterocycles. The van der Waals surface area contributed by atoms with Crippen LogP contribution in [0, 0.1) is 12.7 Å². The maximum absolute atomic E-state index is 13.6. The van der Waals surface area contributed by atoms with Crippen LogP contribution in [0.1, 0.15) is 19.7 Å². The van der Waals surface area contributed by atoms with E-state index < -0.39 is 10.0 Å². The smallest absolute Gasteiger partial charge is 0.243 e. The van der Waals surface area contributed by atoms with Crippen LogP contribution >= 0.6 is 0 Å². The van der Waals surface area contributed by atoms with Crippen LogP contribution in [0.15, 0.2) is 47.4 Å². The van der Waals surface area contributed by atoms with Gasteiger partial charge in [-0.1, -0.05) is 13.8 Å². The molecule has 0 unspecified atom stereocenters. The molecule has 0 spiro atoms. The van der Waals surface area contributed by atoms with E-state index in [0.29, 0.717) is 29.9 Å². The lowest BCUT2D eigenvalue weighted by molar-refractivity contribution is 0.445. The van der Waals surface area contributed by atoms with Crippen molar-refractivity contribution in [3.05, 3.63) is 54.1 Å². The number of aryl methyl sites for hydroxylation is 1. The minimum atomic E-state index is -3.50. The van der Waals surface area contributed by atoms with Crippen molar-refractivity contribution in [1.82, 2.24) is 13.9 Å². The number of sulfonamides is 1. The summed E-state index contributed by atoms with van der Waals surface area (Å²) in [6.07, 6.45) is 0. The van der Waals surface area contributed by atoms with Crippen LogP contribution in [0.25, 0.3) is 16.7 Å². The summed E-state index contributed by atoms with van der Waals surface area (Å²) in [7, 11) is -3.50. The molecule has 5 nitrogen and oxygen atoms in total. The second-order valence-electron chi connectivity index (χ2n) is 5.71. The summed E-state index contributed by atoms with van der Waals surface area (Å²) in [5.41, 5.74) is 2.08. The largest absolute Gasteiger partial charge is 0.296 e. The van der Waals surface area contributed by atoms with Gasteiger partial charge in [0.2, 0.25) is 10.0 Å². The second-order valence-corrected chi connectivity index (χ2v) is 7.65. The molecule has 3 aromatic rings. The Balaban J connectivity index is 2.07. The first-order valence-electron chi connectivity index (χ1n) is 8.13. The van der Waals surface area contributed by atoms with Crippen molar-refractivity contribution in [3.63, 3.8) is 0 Å². The first-order chi connectivity index (χ1) is 11.9. The summed E-state index contributed by atoms with van der Waals surface area (Å²) in [6, 6.07) is 11.0. The highest BCUT2D eigenvalue weighted by molar-refractivity contribution is 7.89. The molecule has 0 aliphatic heterocycles. The van der Waals surface area contributed by atoms with Crippen molar-refractivity contribution in [2.75, 3.05) is 13.1 Å². The highest BCUT2D eigenvalue weighted by Gasteiger charge is 2.21.